The summed E-state index contributed by atoms with van der Waals surface area (Å²) >= 11 is 0. The summed E-state index contributed by atoms with van der Waals surface area (Å²) in [5.74, 6) is -1.11. The number of rotatable bonds is 5. The highest BCUT2D eigenvalue weighted by Gasteiger charge is 2.31. The zero-order chi connectivity index (χ0) is 19.6. The van der Waals surface area contributed by atoms with Gasteiger partial charge in [0, 0.05) is 5.56 Å². The van der Waals surface area contributed by atoms with E-state index < -0.39 is 28.0 Å². The van der Waals surface area contributed by atoms with E-state index in [-0.39, 0.29) is 28.7 Å². The van der Waals surface area contributed by atoms with Crippen molar-refractivity contribution >= 4 is 27.8 Å². The molecule has 10 heteroatoms. The van der Waals surface area contributed by atoms with Crippen molar-refractivity contribution < 1.29 is 31.9 Å². The van der Waals surface area contributed by atoms with E-state index >= 15 is 0 Å². The Kier molecular flexibility index (Phi) is 5.00. The molecule has 0 spiro atoms. The van der Waals surface area contributed by atoms with Crippen molar-refractivity contribution in [2.24, 2.45) is 4.99 Å². The van der Waals surface area contributed by atoms with Crippen molar-refractivity contribution in [1.29, 1.82) is 0 Å². The summed E-state index contributed by atoms with van der Waals surface area (Å²) in [7, 11) is -2.47. The molecule has 3 rings (SSSR count). The van der Waals surface area contributed by atoms with E-state index in [9.17, 15) is 18.0 Å². The second-order valence-electron chi connectivity index (χ2n) is 5.61. The Bertz CT molecular complexity index is 1020. The van der Waals surface area contributed by atoms with E-state index in [2.05, 4.69) is 14.5 Å². The molecule has 1 aliphatic heterocycles. The van der Waals surface area contributed by atoms with E-state index in [1.54, 1.807) is 18.2 Å². The highest BCUT2D eigenvalue weighted by Crippen LogP contribution is 2.22. The molecular weight excluding hydrogens is 376 g/mol. The normalized spacial score (nSPS) is 17.0. The van der Waals surface area contributed by atoms with Crippen LogP contribution in [-0.4, -0.2) is 39.3 Å². The van der Waals surface area contributed by atoms with Crippen LogP contribution in [0.3, 0.4) is 0 Å². The van der Waals surface area contributed by atoms with Crippen LogP contribution < -0.4 is 4.72 Å². The standard InChI is InChI=1S/C17H16N2O7S/c1-10(16(20)26-9-13-11(7-8-25-13)17(21)24-2)18-15-12-5-3-4-6-14(12)27(22,23)19-15/h3-8,10H,9H2,1-2H3,(H,18,19)/t10-/m0/s1. The number of hydrogen-bond donors (Lipinski definition) is 1. The monoisotopic (exact) mass is 392 g/mol. The number of sulfonamides is 1. The fourth-order valence-electron chi connectivity index (χ4n) is 2.48. The van der Waals surface area contributed by atoms with Crippen LogP contribution in [0.5, 0.6) is 0 Å². The predicted octanol–water partition coefficient (Wildman–Crippen LogP) is 1.24. The summed E-state index contributed by atoms with van der Waals surface area (Å²) < 4.78 is 41.3. The van der Waals surface area contributed by atoms with Gasteiger partial charge in [0.25, 0.3) is 10.0 Å². The van der Waals surface area contributed by atoms with Crippen LogP contribution in [0.2, 0.25) is 0 Å². The van der Waals surface area contributed by atoms with E-state index in [1.807, 2.05) is 0 Å². The lowest BCUT2D eigenvalue weighted by Gasteiger charge is -2.09. The van der Waals surface area contributed by atoms with Crippen LogP contribution >= 0.6 is 0 Å². The third kappa shape index (κ3) is 3.70. The molecule has 1 aliphatic rings. The van der Waals surface area contributed by atoms with Crippen molar-refractivity contribution in [3.63, 3.8) is 0 Å². The first-order valence-corrected chi connectivity index (χ1v) is 9.33. The van der Waals surface area contributed by atoms with Crippen LogP contribution in [0.4, 0.5) is 0 Å². The van der Waals surface area contributed by atoms with Gasteiger partial charge in [-0.2, -0.15) is 0 Å². The minimum Gasteiger partial charge on any atom is -0.465 e. The molecule has 9 nitrogen and oxygen atoms in total. The first kappa shape index (κ1) is 18.6. The largest absolute Gasteiger partial charge is 0.465 e. The Morgan fingerprint density at radius 2 is 2.00 bits per heavy atom. The maximum Gasteiger partial charge on any atom is 0.341 e. The average molecular weight is 392 g/mol. The van der Waals surface area contributed by atoms with Gasteiger partial charge in [0.15, 0.2) is 5.76 Å². The highest BCUT2D eigenvalue weighted by molar-refractivity contribution is 7.90. The SMILES string of the molecule is COC(=O)c1ccoc1COC(=O)[C@H](C)N=C1NS(=O)(=O)c2ccccc21. The summed E-state index contributed by atoms with van der Waals surface area (Å²) in [5.41, 5.74) is 0.540. The molecule has 2 aromatic rings. The number of ether oxygens (including phenoxy) is 2. The predicted molar refractivity (Wildman–Crippen MR) is 92.6 cm³/mol. The lowest BCUT2D eigenvalue weighted by Crippen LogP contribution is -2.26. The number of benzene rings is 1. The summed E-state index contributed by atoms with van der Waals surface area (Å²) in [6.45, 7) is 1.18. The molecule has 0 saturated carbocycles. The molecule has 0 aliphatic carbocycles. The minimum absolute atomic E-state index is 0.0725. The smallest absolute Gasteiger partial charge is 0.341 e. The Hall–Kier alpha value is -3.14. The van der Waals surface area contributed by atoms with Gasteiger partial charge in [-0.1, -0.05) is 12.1 Å². The highest BCUT2D eigenvalue weighted by atomic mass is 32.2. The van der Waals surface area contributed by atoms with Gasteiger partial charge in [0.05, 0.1) is 18.3 Å². The van der Waals surface area contributed by atoms with Crippen LogP contribution in [0.15, 0.2) is 50.9 Å². The zero-order valence-electron chi connectivity index (χ0n) is 14.5. The van der Waals surface area contributed by atoms with E-state index in [4.69, 9.17) is 9.15 Å². The third-order valence-corrected chi connectivity index (χ3v) is 5.22. The molecule has 1 N–H and O–H groups in total. The molecule has 1 aromatic carbocycles. The molecule has 1 atom stereocenters. The van der Waals surface area contributed by atoms with Gasteiger partial charge in [-0.25, -0.2) is 18.0 Å². The second-order valence-corrected chi connectivity index (χ2v) is 7.26. The fourth-order valence-corrected chi connectivity index (χ4v) is 3.72. The first-order valence-electron chi connectivity index (χ1n) is 7.85. The van der Waals surface area contributed by atoms with Crippen LogP contribution in [-0.2, 0) is 30.9 Å². The van der Waals surface area contributed by atoms with Crippen molar-refractivity contribution in [3.05, 3.63) is 53.5 Å². The molecule has 0 saturated heterocycles. The van der Waals surface area contributed by atoms with E-state index in [0.29, 0.717) is 5.56 Å². The summed E-state index contributed by atoms with van der Waals surface area (Å²) in [5, 5.41) is 0. The maximum absolute atomic E-state index is 12.2. The summed E-state index contributed by atoms with van der Waals surface area (Å²) in [6, 6.07) is 6.74. The third-order valence-electron chi connectivity index (χ3n) is 3.82. The van der Waals surface area contributed by atoms with Crippen molar-refractivity contribution in [3.8, 4) is 0 Å². The summed E-state index contributed by atoms with van der Waals surface area (Å²) in [6.07, 6.45) is 1.28. The molecule has 2 heterocycles. The number of hydrogen-bond acceptors (Lipinski definition) is 8. The Labute approximate surface area is 155 Å². The van der Waals surface area contributed by atoms with Crippen molar-refractivity contribution in [2.75, 3.05) is 7.11 Å². The van der Waals surface area contributed by atoms with Gasteiger partial charge in [-0.15, -0.1) is 0 Å². The molecule has 0 bridgehead atoms. The van der Waals surface area contributed by atoms with Gasteiger partial charge in [-0.3, -0.25) is 9.71 Å². The zero-order valence-corrected chi connectivity index (χ0v) is 15.3. The van der Waals surface area contributed by atoms with Gasteiger partial charge >= 0.3 is 11.9 Å². The number of carbonyl (C=O) groups excluding carboxylic acids is 2. The molecular formula is C17H16N2O7S. The minimum atomic E-state index is -3.69. The van der Waals surface area contributed by atoms with E-state index in [0.717, 1.165) is 0 Å². The number of aliphatic imine (C=N–C) groups is 1. The van der Waals surface area contributed by atoms with Crippen LogP contribution in [0, 0.1) is 0 Å². The van der Waals surface area contributed by atoms with Crippen LogP contribution in [0.1, 0.15) is 28.6 Å². The molecule has 0 fully saturated rings. The average Bonchev–Trinajstić information content (AvgIpc) is 3.22. The first-order chi connectivity index (χ1) is 12.8. The number of furan rings is 1. The second kappa shape index (κ2) is 7.23. The van der Waals surface area contributed by atoms with Crippen molar-refractivity contribution in [2.45, 2.75) is 24.5 Å². The molecule has 142 valence electrons. The number of esters is 2. The Morgan fingerprint density at radius 1 is 1.26 bits per heavy atom. The lowest BCUT2D eigenvalue weighted by molar-refractivity contribution is -0.146. The molecule has 0 unspecified atom stereocenters. The number of amidine groups is 1. The quantitative estimate of drug-likeness (QED) is 0.759. The molecule has 0 amide bonds. The Morgan fingerprint density at radius 3 is 2.74 bits per heavy atom. The number of methoxy groups -OCH3 is 1. The molecule has 27 heavy (non-hydrogen) atoms. The van der Waals surface area contributed by atoms with Crippen LogP contribution in [0.25, 0.3) is 0 Å². The lowest BCUT2D eigenvalue weighted by atomic mass is 10.2. The number of fused-ring (bicyclic) bond motifs is 1. The number of nitrogens with one attached hydrogen (secondary N) is 1. The van der Waals surface area contributed by atoms with Gasteiger partial charge in [0.2, 0.25) is 0 Å². The van der Waals surface area contributed by atoms with Crippen molar-refractivity contribution in [1.82, 2.24) is 4.72 Å². The molecule has 1 aromatic heterocycles. The number of nitrogens with zero attached hydrogens (tertiary/aromatic N) is 1. The summed E-state index contributed by atoms with van der Waals surface area (Å²) in [4.78, 5) is 28.0. The number of carbonyl (C=O) groups is 2. The maximum atomic E-state index is 12.2. The van der Waals surface area contributed by atoms with Gasteiger partial charge in [-0.05, 0) is 25.1 Å². The van der Waals surface area contributed by atoms with E-state index in [1.165, 1.54) is 32.4 Å². The fraction of sp³-hybridized carbons (Fsp3) is 0.235. The molecule has 0 radical (unpaired) electrons. The van der Waals surface area contributed by atoms with Gasteiger partial charge < -0.3 is 13.9 Å². The topological polar surface area (TPSA) is 124 Å². The van der Waals surface area contributed by atoms with Gasteiger partial charge in [0.1, 0.15) is 24.0 Å². The Balaban J connectivity index is 1.71.